The molecular weight excluding hydrogens is 302 g/mol. The summed E-state index contributed by atoms with van der Waals surface area (Å²) >= 11 is 3.51. The van der Waals surface area contributed by atoms with Gasteiger partial charge in [0.05, 0.1) is 0 Å². The minimum atomic E-state index is 0.890. The SMILES string of the molecule is CCc1nc(Br)cc(N2CCC3CCCCC3C2)n1. The largest absolute Gasteiger partial charge is 0.356 e. The molecule has 1 aromatic rings. The van der Waals surface area contributed by atoms with Gasteiger partial charge < -0.3 is 4.90 Å². The van der Waals surface area contributed by atoms with Crippen LogP contribution in [0, 0.1) is 11.8 Å². The van der Waals surface area contributed by atoms with Gasteiger partial charge in [-0.3, -0.25) is 0 Å². The lowest BCUT2D eigenvalue weighted by molar-refractivity contribution is 0.202. The van der Waals surface area contributed by atoms with Gasteiger partial charge in [-0.25, -0.2) is 9.97 Å². The highest BCUT2D eigenvalue weighted by atomic mass is 79.9. The zero-order valence-electron chi connectivity index (χ0n) is 11.6. The Morgan fingerprint density at radius 1 is 1.21 bits per heavy atom. The summed E-state index contributed by atoms with van der Waals surface area (Å²) in [6, 6.07) is 2.07. The Bertz CT molecular complexity index is 449. The molecule has 19 heavy (non-hydrogen) atoms. The van der Waals surface area contributed by atoms with Crippen molar-refractivity contribution in [3.63, 3.8) is 0 Å². The van der Waals surface area contributed by atoms with Gasteiger partial charge in [-0.1, -0.05) is 26.2 Å². The van der Waals surface area contributed by atoms with Crippen molar-refractivity contribution < 1.29 is 0 Å². The fourth-order valence-electron chi connectivity index (χ4n) is 3.58. The highest BCUT2D eigenvalue weighted by Gasteiger charge is 2.31. The molecule has 1 aliphatic carbocycles. The monoisotopic (exact) mass is 323 g/mol. The van der Waals surface area contributed by atoms with Gasteiger partial charge in [-0.2, -0.15) is 0 Å². The van der Waals surface area contributed by atoms with Crippen molar-refractivity contribution in [1.82, 2.24) is 9.97 Å². The molecule has 2 unspecified atom stereocenters. The Kier molecular flexibility index (Phi) is 4.06. The van der Waals surface area contributed by atoms with Gasteiger partial charge in [0.2, 0.25) is 0 Å². The number of aryl methyl sites for hydroxylation is 1. The van der Waals surface area contributed by atoms with Crippen LogP contribution in [0.25, 0.3) is 0 Å². The van der Waals surface area contributed by atoms with Gasteiger partial charge in [0.15, 0.2) is 0 Å². The van der Waals surface area contributed by atoms with Gasteiger partial charge in [0.25, 0.3) is 0 Å². The first-order valence-electron chi connectivity index (χ1n) is 7.54. The van der Waals surface area contributed by atoms with E-state index in [1.165, 1.54) is 38.6 Å². The van der Waals surface area contributed by atoms with Gasteiger partial charge >= 0.3 is 0 Å². The lowest BCUT2D eigenvalue weighted by Crippen LogP contribution is -2.42. The Balaban J connectivity index is 1.77. The molecule has 1 aromatic heterocycles. The first kappa shape index (κ1) is 13.3. The van der Waals surface area contributed by atoms with E-state index in [0.29, 0.717) is 0 Å². The third-order valence-corrected chi connectivity index (χ3v) is 5.07. The third-order valence-electron chi connectivity index (χ3n) is 4.66. The summed E-state index contributed by atoms with van der Waals surface area (Å²) in [6.07, 6.45) is 7.96. The van der Waals surface area contributed by atoms with Gasteiger partial charge in [0.1, 0.15) is 16.2 Å². The fourth-order valence-corrected chi connectivity index (χ4v) is 3.99. The number of fused-ring (bicyclic) bond motifs is 1. The quantitative estimate of drug-likeness (QED) is 0.775. The van der Waals surface area contributed by atoms with Gasteiger partial charge in [-0.15, -0.1) is 0 Å². The number of nitrogens with zero attached hydrogens (tertiary/aromatic N) is 3. The lowest BCUT2D eigenvalue weighted by atomic mass is 9.75. The molecule has 0 amide bonds. The number of hydrogen-bond acceptors (Lipinski definition) is 3. The normalized spacial score (nSPS) is 27.2. The number of aromatic nitrogens is 2. The Hall–Kier alpha value is -0.640. The number of anilines is 1. The van der Waals surface area contributed by atoms with E-state index in [0.717, 1.165) is 41.0 Å². The molecule has 2 atom stereocenters. The first-order chi connectivity index (χ1) is 9.26. The molecule has 1 aliphatic heterocycles. The molecule has 104 valence electrons. The van der Waals surface area contributed by atoms with Crippen molar-refractivity contribution in [1.29, 1.82) is 0 Å². The number of halogens is 1. The maximum Gasteiger partial charge on any atom is 0.133 e. The topological polar surface area (TPSA) is 29.0 Å². The van der Waals surface area contributed by atoms with Crippen LogP contribution in [0.1, 0.15) is 44.9 Å². The van der Waals surface area contributed by atoms with E-state index >= 15 is 0 Å². The first-order valence-corrected chi connectivity index (χ1v) is 8.34. The molecule has 1 saturated carbocycles. The molecule has 0 aromatic carbocycles. The maximum absolute atomic E-state index is 4.70. The minimum absolute atomic E-state index is 0.890. The molecule has 0 N–H and O–H groups in total. The lowest BCUT2D eigenvalue weighted by Gasteiger charge is -2.41. The van der Waals surface area contributed by atoms with Gasteiger partial charge in [-0.05, 0) is 40.6 Å². The summed E-state index contributed by atoms with van der Waals surface area (Å²) in [5.74, 6) is 3.92. The summed E-state index contributed by atoms with van der Waals surface area (Å²) in [7, 11) is 0. The second kappa shape index (κ2) is 5.78. The Morgan fingerprint density at radius 2 is 2.00 bits per heavy atom. The van der Waals surface area contributed by atoms with Crippen molar-refractivity contribution in [2.75, 3.05) is 18.0 Å². The summed E-state index contributed by atoms with van der Waals surface area (Å²) in [5.41, 5.74) is 0. The summed E-state index contributed by atoms with van der Waals surface area (Å²) in [6.45, 7) is 4.46. The average Bonchev–Trinajstić information content (AvgIpc) is 2.46. The molecule has 2 fully saturated rings. The molecule has 0 radical (unpaired) electrons. The van der Waals surface area contributed by atoms with E-state index in [4.69, 9.17) is 4.98 Å². The second-order valence-corrected chi connectivity index (χ2v) is 6.67. The minimum Gasteiger partial charge on any atom is -0.356 e. The molecule has 1 saturated heterocycles. The molecular formula is C15H22BrN3. The molecule has 2 aliphatic rings. The van der Waals surface area contributed by atoms with Crippen LogP contribution in [0.5, 0.6) is 0 Å². The zero-order chi connectivity index (χ0) is 13.2. The van der Waals surface area contributed by atoms with E-state index in [1.807, 2.05) is 0 Å². The van der Waals surface area contributed by atoms with Crippen molar-refractivity contribution in [2.24, 2.45) is 11.8 Å². The molecule has 2 heterocycles. The predicted octanol–water partition coefficient (Wildman–Crippen LogP) is 3.82. The van der Waals surface area contributed by atoms with Crippen LogP contribution < -0.4 is 4.90 Å². The molecule has 0 bridgehead atoms. The Morgan fingerprint density at radius 3 is 2.79 bits per heavy atom. The van der Waals surface area contributed by atoms with Crippen LogP contribution in [0.3, 0.4) is 0 Å². The van der Waals surface area contributed by atoms with Crippen molar-refractivity contribution in [2.45, 2.75) is 45.4 Å². The summed E-state index contributed by atoms with van der Waals surface area (Å²) in [5, 5.41) is 0. The maximum atomic E-state index is 4.70. The average molecular weight is 324 g/mol. The van der Waals surface area contributed by atoms with Crippen molar-refractivity contribution in [3.8, 4) is 0 Å². The second-order valence-electron chi connectivity index (χ2n) is 5.86. The smallest absolute Gasteiger partial charge is 0.133 e. The summed E-state index contributed by atoms with van der Waals surface area (Å²) < 4.78 is 0.917. The van der Waals surface area contributed by atoms with E-state index in [-0.39, 0.29) is 0 Å². The molecule has 4 heteroatoms. The van der Waals surface area contributed by atoms with Crippen LogP contribution >= 0.6 is 15.9 Å². The van der Waals surface area contributed by atoms with E-state index in [9.17, 15) is 0 Å². The third kappa shape index (κ3) is 2.93. The van der Waals surface area contributed by atoms with E-state index in [1.54, 1.807) is 0 Å². The highest BCUT2D eigenvalue weighted by Crippen LogP contribution is 2.37. The van der Waals surface area contributed by atoms with Crippen molar-refractivity contribution >= 4 is 21.7 Å². The predicted molar refractivity (Wildman–Crippen MR) is 81.4 cm³/mol. The Labute approximate surface area is 124 Å². The summed E-state index contributed by atoms with van der Waals surface area (Å²) in [4.78, 5) is 11.6. The molecule has 3 rings (SSSR count). The van der Waals surface area contributed by atoms with E-state index < -0.39 is 0 Å². The zero-order valence-corrected chi connectivity index (χ0v) is 13.2. The molecule has 0 spiro atoms. The van der Waals surface area contributed by atoms with Crippen LogP contribution in [0.15, 0.2) is 10.7 Å². The number of rotatable bonds is 2. The van der Waals surface area contributed by atoms with Crippen LogP contribution in [0.4, 0.5) is 5.82 Å². The van der Waals surface area contributed by atoms with Crippen molar-refractivity contribution in [3.05, 3.63) is 16.5 Å². The van der Waals surface area contributed by atoms with E-state index in [2.05, 4.69) is 38.8 Å². The standard InChI is InChI=1S/C15H22BrN3/c1-2-14-17-13(16)9-15(18-14)19-8-7-11-5-3-4-6-12(11)10-19/h9,11-12H,2-8,10H2,1H3. The number of hydrogen-bond donors (Lipinski definition) is 0. The van der Waals surface area contributed by atoms with Crippen LogP contribution in [-0.2, 0) is 6.42 Å². The van der Waals surface area contributed by atoms with Gasteiger partial charge in [0, 0.05) is 25.6 Å². The molecule has 3 nitrogen and oxygen atoms in total. The highest BCUT2D eigenvalue weighted by molar-refractivity contribution is 9.10. The number of piperidine rings is 1. The van der Waals surface area contributed by atoms with Crippen LogP contribution in [0.2, 0.25) is 0 Å². The fraction of sp³-hybridized carbons (Fsp3) is 0.733. The van der Waals surface area contributed by atoms with Crippen LogP contribution in [-0.4, -0.2) is 23.1 Å².